The number of fused-ring (bicyclic) bond motifs is 1. The number of likely N-dealkylation sites (tertiary alicyclic amines) is 1. The van der Waals surface area contributed by atoms with E-state index >= 15 is 0 Å². The number of hydrogen-bond acceptors (Lipinski definition) is 4. The molecule has 1 saturated heterocycles. The molecule has 1 aliphatic heterocycles. The van der Waals surface area contributed by atoms with Gasteiger partial charge < -0.3 is 9.32 Å². The highest BCUT2D eigenvalue weighted by atomic mass is 19.1. The minimum atomic E-state index is -0.251. The number of nitrogens with zero attached hydrogens (tertiary/aromatic N) is 2. The zero-order chi connectivity index (χ0) is 23.1. The molecule has 5 nitrogen and oxygen atoms in total. The van der Waals surface area contributed by atoms with Crippen molar-refractivity contribution in [1.29, 1.82) is 0 Å². The van der Waals surface area contributed by atoms with Gasteiger partial charge in [0.05, 0.1) is 5.56 Å². The molecular weight excluding hydrogens is 419 g/mol. The summed E-state index contributed by atoms with van der Waals surface area (Å²) in [5.41, 5.74) is 5.23. The van der Waals surface area contributed by atoms with Gasteiger partial charge in [-0.15, -0.1) is 0 Å². The maximum atomic E-state index is 13.3. The van der Waals surface area contributed by atoms with Crippen LogP contribution in [0.1, 0.15) is 75.2 Å². The van der Waals surface area contributed by atoms with Gasteiger partial charge in [-0.2, -0.15) is 0 Å². The van der Waals surface area contributed by atoms with Crippen molar-refractivity contribution < 1.29 is 18.4 Å². The van der Waals surface area contributed by atoms with E-state index in [9.17, 15) is 14.0 Å². The van der Waals surface area contributed by atoms with Crippen LogP contribution in [0, 0.1) is 19.7 Å². The van der Waals surface area contributed by atoms with Crippen LogP contribution in [-0.4, -0.2) is 34.7 Å². The number of carbonyl (C=O) groups is 2. The molecule has 0 radical (unpaired) electrons. The third-order valence-electron chi connectivity index (χ3n) is 6.85. The number of amides is 1. The standard InChI is InChI=1S/C27H27FN2O3/c1-16-14-20(18-6-8-21(28)9-7-18)15-22(29-16)19-10-12-30(13-11-19)27(32)26-17(2)25-23(31)4-3-5-24(25)33-26/h6-9,14-15,19H,3-5,10-13H2,1-2H3. The molecule has 0 atom stereocenters. The van der Waals surface area contributed by atoms with Crippen molar-refractivity contribution >= 4 is 11.7 Å². The maximum absolute atomic E-state index is 13.3. The third kappa shape index (κ3) is 4.10. The summed E-state index contributed by atoms with van der Waals surface area (Å²) in [6.07, 6.45) is 3.64. The molecule has 1 amide bonds. The Bertz CT molecular complexity index is 1220. The second-order valence-electron chi connectivity index (χ2n) is 9.13. The molecule has 2 aliphatic rings. The van der Waals surface area contributed by atoms with E-state index in [0.29, 0.717) is 48.6 Å². The normalized spacial score (nSPS) is 16.7. The Morgan fingerprint density at radius 1 is 1.06 bits per heavy atom. The fourth-order valence-electron chi connectivity index (χ4n) is 5.09. The van der Waals surface area contributed by atoms with Crippen molar-refractivity contribution in [2.45, 2.75) is 51.9 Å². The molecule has 0 saturated carbocycles. The molecule has 3 aromatic rings. The molecule has 2 aromatic heterocycles. The summed E-state index contributed by atoms with van der Waals surface area (Å²) >= 11 is 0. The Hall–Kier alpha value is -3.28. The average molecular weight is 447 g/mol. The quantitative estimate of drug-likeness (QED) is 0.523. The SMILES string of the molecule is Cc1cc(-c2ccc(F)cc2)cc(C2CCN(C(=O)c3oc4c(c3C)C(=O)CCC4)CC2)n1. The number of halogens is 1. The number of pyridine rings is 1. The molecule has 1 aliphatic carbocycles. The highest BCUT2D eigenvalue weighted by Gasteiger charge is 2.32. The van der Waals surface area contributed by atoms with Crippen LogP contribution in [-0.2, 0) is 6.42 Å². The maximum Gasteiger partial charge on any atom is 0.289 e. The Morgan fingerprint density at radius 2 is 1.79 bits per heavy atom. The van der Waals surface area contributed by atoms with E-state index in [-0.39, 0.29) is 23.4 Å². The number of aromatic nitrogens is 1. The smallest absolute Gasteiger partial charge is 0.289 e. The Morgan fingerprint density at radius 3 is 2.48 bits per heavy atom. The monoisotopic (exact) mass is 446 g/mol. The van der Waals surface area contributed by atoms with Crippen LogP contribution < -0.4 is 0 Å². The largest absolute Gasteiger partial charge is 0.455 e. The zero-order valence-corrected chi connectivity index (χ0v) is 19.0. The van der Waals surface area contributed by atoms with Crippen LogP contribution in [0.25, 0.3) is 11.1 Å². The highest BCUT2D eigenvalue weighted by Crippen LogP contribution is 2.33. The Balaban J connectivity index is 1.31. The van der Waals surface area contributed by atoms with Crippen molar-refractivity contribution in [3.8, 4) is 11.1 Å². The molecule has 33 heavy (non-hydrogen) atoms. The van der Waals surface area contributed by atoms with Crippen LogP contribution in [0.3, 0.4) is 0 Å². The first-order valence-corrected chi connectivity index (χ1v) is 11.6. The minimum Gasteiger partial charge on any atom is -0.455 e. The summed E-state index contributed by atoms with van der Waals surface area (Å²) in [7, 11) is 0. The van der Waals surface area contributed by atoms with Crippen LogP contribution in [0.15, 0.2) is 40.8 Å². The van der Waals surface area contributed by atoms with Crippen molar-refractivity contribution in [3.63, 3.8) is 0 Å². The molecule has 0 bridgehead atoms. The number of hydrogen-bond donors (Lipinski definition) is 0. The molecule has 1 fully saturated rings. The Kier molecular flexibility index (Phi) is 5.60. The van der Waals surface area contributed by atoms with Crippen molar-refractivity contribution in [2.75, 3.05) is 13.1 Å². The molecule has 0 unspecified atom stereocenters. The van der Waals surface area contributed by atoms with Crippen molar-refractivity contribution in [3.05, 3.63) is 76.3 Å². The van der Waals surface area contributed by atoms with Gasteiger partial charge in [0.15, 0.2) is 11.5 Å². The minimum absolute atomic E-state index is 0.0812. The van der Waals surface area contributed by atoms with E-state index in [2.05, 4.69) is 6.07 Å². The fraction of sp³-hybridized carbons (Fsp3) is 0.370. The average Bonchev–Trinajstić information content (AvgIpc) is 3.16. The number of aryl methyl sites for hydroxylation is 2. The van der Waals surface area contributed by atoms with Gasteiger partial charge in [0.1, 0.15) is 11.6 Å². The van der Waals surface area contributed by atoms with Crippen LogP contribution in [0.2, 0.25) is 0 Å². The van der Waals surface area contributed by atoms with Gasteiger partial charge in [-0.25, -0.2) is 4.39 Å². The van der Waals surface area contributed by atoms with Crippen LogP contribution >= 0.6 is 0 Å². The second kappa shape index (κ2) is 8.58. The summed E-state index contributed by atoms with van der Waals surface area (Å²) in [6, 6.07) is 10.6. The number of benzene rings is 1. The fourth-order valence-corrected chi connectivity index (χ4v) is 5.09. The summed E-state index contributed by atoms with van der Waals surface area (Å²) in [5, 5.41) is 0. The number of ketones is 1. The lowest BCUT2D eigenvalue weighted by Gasteiger charge is -2.31. The third-order valence-corrected chi connectivity index (χ3v) is 6.85. The van der Waals surface area contributed by atoms with Crippen LogP contribution in [0.5, 0.6) is 0 Å². The molecule has 1 aromatic carbocycles. The summed E-state index contributed by atoms with van der Waals surface area (Å²) in [5.74, 6) is 0.940. The number of Topliss-reactive ketones (excluding diaryl/α,β-unsaturated/α-hetero) is 1. The van der Waals surface area contributed by atoms with E-state index < -0.39 is 0 Å². The molecule has 0 N–H and O–H groups in total. The van der Waals surface area contributed by atoms with Gasteiger partial charge >= 0.3 is 0 Å². The number of furan rings is 1. The molecule has 0 spiro atoms. The van der Waals surface area contributed by atoms with E-state index in [1.807, 2.05) is 24.8 Å². The summed E-state index contributed by atoms with van der Waals surface area (Å²) < 4.78 is 19.2. The number of rotatable bonds is 3. The van der Waals surface area contributed by atoms with E-state index in [0.717, 1.165) is 41.8 Å². The molecule has 5 rings (SSSR count). The predicted molar refractivity (Wildman–Crippen MR) is 123 cm³/mol. The summed E-state index contributed by atoms with van der Waals surface area (Å²) in [6.45, 7) is 5.02. The van der Waals surface area contributed by atoms with Crippen molar-refractivity contribution in [1.82, 2.24) is 9.88 Å². The van der Waals surface area contributed by atoms with E-state index in [4.69, 9.17) is 9.40 Å². The van der Waals surface area contributed by atoms with Crippen molar-refractivity contribution in [2.24, 2.45) is 0 Å². The van der Waals surface area contributed by atoms with Gasteiger partial charge in [-0.1, -0.05) is 12.1 Å². The van der Waals surface area contributed by atoms with Gasteiger partial charge in [0.2, 0.25) is 0 Å². The van der Waals surface area contributed by atoms with E-state index in [1.165, 1.54) is 12.1 Å². The first-order valence-electron chi connectivity index (χ1n) is 11.6. The topological polar surface area (TPSA) is 63.4 Å². The Labute approximate surface area is 192 Å². The van der Waals surface area contributed by atoms with Gasteiger partial charge in [-0.05, 0) is 68.5 Å². The van der Waals surface area contributed by atoms with Crippen LogP contribution in [0.4, 0.5) is 4.39 Å². The molecule has 6 heteroatoms. The van der Waals surface area contributed by atoms with Gasteiger partial charge in [-0.3, -0.25) is 14.6 Å². The first-order chi connectivity index (χ1) is 15.9. The molecular formula is C27H27FN2O3. The zero-order valence-electron chi connectivity index (χ0n) is 19.0. The lowest BCUT2D eigenvalue weighted by atomic mass is 9.90. The first kappa shape index (κ1) is 21.6. The van der Waals surface area contributed by atoms with Gasteiger partial charge in [0, 0.05) is 48.8 Å². The second-order valence-corrected chi connectivity index (χ2v) is 9.13. The predicted octanol–water partition coefficient (Wildman–Crippen LogP) is 5.64. The number of piperidine rings is 1. The lowest BCUT2D eigenvalue weighted by Crippen LogP contribution is -2.38. The summed E-state index contributed by atoms with van der Waals surface area (Å²) in [4.78, 5) is 32.1. The highest BCUT2D eigenvalue weighted by molar-refractivity contribution is 6.03. The molecule has 170 valence electrons. The van der Waals surface area contributed by atoms with E-state index in [1.54, 1.807) is 12.1 Å². The number of carbonyl (C=O) groups excluding carboxylic acids is 2. The molecule has 3 heterocycles. The lowest BCUT2D eigenvalue weighted by molar-refractivity contribution is 0.0676. The van der Waals surface area contributed by atoms with Gasteiger partial charge in [0.25, 0.3) is 5.91 Å².